The van der Waals surface area contributed by atoms with Gasteiger partial charge in [0.05, 0.1) is 6.04 Å². The molecule has 1 saturated heterocycles. The molecule has 1 aliphatic heterocycles. The van der Waals surface area contributed by atoms with Gasteiger partial charge in [-0.3, -0.25) is 4.90 Å². The van der Waals surface area contributed by atoms with Crippen molar-refractivity contribution in [2.45, 2.75) is 59.0 Å². The average Bonchev–Trinajstić information content (AvgIpc) is 3.21. The molecular weight excluding hydrogens is 348 g/mol. The molecule has 1 amide bonds. The maximum absolute atomic E-state index is 12.1. The van der Waals surface area contributed by atoms with E-state index in [1.165, 1.54) is 0 Å². The molecular formula is C18H26N6O3. The Labute approximate surface area is 158 Å². The summed E-state index contributed by atoms with van der Waals surface area (Å²) in [6.45, 7) is 12.4. The summed E-state index contributed by atoms with van der Waals surface area (Å²) in [6, 6.07) is 1.36. The minimum Gasteiger partial charge on any atom is -0.447 e. The quantitative estimate of drug-likeness (QED) is 0.849. The molecule has 0 spiro atoms. The van der Waals surface area contributed by atoms with Gasteiger partial charge in [-0.2, -0.15) is 9.97 Å². The highest BCUT2D eigenvalue weighted by atomic mass is 16.6. The maximum atomic E-state index is 12.1. The Kier molecular flexibility index (Phi) is 5.03. The zero-order valence-electron chi connectivity index (χ0n) is 16.6. The minimum atomic E-state index is -0.391. The van der Waals surface area contributed by atoms with Crippen LogP contribution in [0.15, 0.2) is 16.8 Å². The van der Waals surface area contributed by atoms with E-state index in [-0.39, 0.29) is 23.4 Å². The molecule has 9 nitrogen and oxygen atoms in total. The summed E-state index contributed by atoms with van der Waals surface area (Å²) in [4.78, 5) is 26.9. The van der Waals surface area contributed by atoms with Crippen molar-refractivity contribution in [3.05, 3.63) is 24.0 Å². The molecule has 146 valence electrons. The highest BCUT2D eigenvalue weighted by Crippen LogP contribution is 2.27. The molecule has 0 saturated carbocycles. The number of anilines is 2. The Morgan fingerprint density at radius 2 is 2.00 bits per heavy atom. The molecule has 2 aromatic heterocycles. The molecule has 3 heterocycles. The standard InChI is InChI=1S/C18H26N6O3/c1-10(2)12-9-26-17(25)24(12)13-7-8-19-16(21-13)20-11(3)14-22-15(23-27-14)18(4,5)6/h7-8,10-12H,9H2,1-6H3,(H,19,20,21)/t11-,12?/m0/s1. The third kappa shape index (κ3) is 4.01. The van der Waals surface area contributed by atoms with Gasteiger partial charge in [0.15, 0.2) is 5.82 Å². The van der Waals surface area contributed by atoms with E-state index in [1.54, 1.807) is 17.2 Å². The topological polar surface area (TPSA) is 106 Å². The zero-order chi connectivity index (χ0) is 19.8. The summed E-state index contributed by atoms with van der Waals surface area (Å²) >= 11 is 0. The number of hydrogen-bond donors (Lipinski definition) is 1. The second kappa shape index (κ2) is 7.13. The van der Waals surface area contributed by atoms with Crippen molar-refractivity contribution in [2.75, 3.05) is 16.8 Å². The van der Waals surface area contributed by atoms with E-state index in [2.05, 4.69) is 25.4 Å². The van der Waals surface area contributed by atoms with E-state index in [0.717, 1.165) is 0 Å². The van der Waals surface area contributed by atoms with Gasteiger partial charge in [-0.1, -0.05) is 39.8 Å². The van der Waals surface area contributed by atoms with Gasteiger partial charge in [0.1, 0.15) is 18.5 Å². The second-order valence-electron chi connectivity index (χ2n) is 8.07. The Balaban J connectivity index is 1.78. The molecule has 3 rings (SSSR count). The van der Waals surface area contributed by atoms with Crippen LogP contribution in [-0.2, 0) is 10.2 Å². The molecule has 2 aromatic rings. The summed E-state index contributed by atoms with van der Waals surface area (Å²) in [6.07, 6.45) is 1.22. The molecule has 27 heavy (non-hydrogen) atoms. The number of amides is 1. The van der Waals surface area contributed by atoms with Crippen molar-refractivity contribution in [1.29, 1.82) is 0 Å². The molecule has 2 atom stereocenters. The van der Waals surface area contributed by atoms with Gasteiger partial charge < -0.3 is 14.6 Å². The third-order valence-electron chi connectivity index (χ3n) is 4.39. The summed E-state index contributed by atoms with van der Waals surface area (Å²) in [7, 11) is 0. The van der Waals surface area contributed by atoms with Crippen LogP contribution in [0.5, 0.6) is 0 Å². The maximum Gasteiger partial charge on any atom is 0.415 e. The number of carbonyl (C=O) groups is 1. The van der Waals surface area contributed by atoms with Crippen LogP contribution in [0.3, 0.4) is 0 Å². The van der Waals surface area contributed by atoms with E-state index in [9.17, 15) is 4.79 Å². The highest BCUT2D eigenvalue weighted by molar-refractivity contribution is 5.89. The van der Waals surface area contributed by atoms with Gasteiger partial charge in [-0.15, -0.1) is 0 Å². The average molecular weight is 374 g/mol. The van der Waals surface area contributed by atoms with Crippen LogP contribution < -0.4 is 10.2 Å². The summed E-state index contributed by atoms with van der Waals surface area (Å²) in [5.74, 6) is 2.21. The van der Waals surface area contributed by atoms with Crippen molar-refractivity contribution in [3.63, 3.8) is 0 Å². The number of nitrogens with one attached hydrogen (secondary N) is 1. The monoisotopic (exact) mass is 374 g/mol. The van der Waals surface area contributed by atoms with Gasteiger partial charge in [0, 0.05) is 11.6 Å². The molecule has 0 aliphatic carbocycles. The Morgan fingerprint density at radius 1 is 1.26 bits per heavy atom. The molecule has 1 N–H and O–H groups in total. The van der Waals surface area contributed by atoms with Gasteiger partial charge in [-0.05, 0) is 18.9 Å². The van der Waals surface area contributed by atoms with E-state index < -0.39 is 6.09 Å². The highest BCUT2D eigenvalue weighted by Gasteiger charge is 2.37. The largest absolute Gasteiger partial charge is 0.447 e. The molecule has 9 heteroatoms. The summed E-state index contributed by atoms with van der Waals surface area (Å²) in [5.41, 5.74) is -0.195. The predicted octanol–water partition coefficient (Wildman–Crippen LogP) is 3.31. The summed E-state index contributed by atoms with van der Waals surface area (Å²) < 4.78 is 10.5. The number of nitrogens with zero attached hydrogens (tertiary/aromatic N) is 5. The van der Waals surface area contributed by atoms with Gasteiger partial charge >= 0.3 is 6.09 Å². The van der Waals surface area contributed by atoms with Crippen LogP contribution >= 0.6 is 0 Å². The first kappa shape index (κ1) is 19.1. The van der Waals surface area contributed by atoms with Crippen molar-refractivity contribution >= 4 is 17.9 Å². The first-order chi connectivity index (χ1) is 12.7. The number of ether oxygens (including phenoxy) is 1. The fourth-order valence-electron chi connectivity index (χ4n) is 2.71. The minimum absolute atomic E-state index is 0.0528. The molecule has 0 bridgehead atoms. The van der Waals surface area contributed by atoms with Crippen LogP contribution in [0.2, 0.25) is 0 Å². The second-order valence-corrected chi connectivity index (χ2v) is 8.07. The van der Waals surface area contributed by atoms with E-state index in [1.807, 2.05) is 41.5 Å². The molecule has 1 fully saturated rings. The van der Waals surface area contributed by atoms with Gasteiger partial charge in [-0.25, -0.2) is 9.78 Å². The molecule has 0 aromatic carbocycles. The van der Waals surface area contributed by atoms with Gasteiger partial charge in [0.2, 0.25) is 11.8 Å². The van der Waals surface area contributed by atoms with E-state index >= 15 is 0 Å². The number of rotatable bonds is 5. The summed E-state index contributed by atoms with van der Waals surface area (Å²) in [5, 5.41) is 7.18. The van der Waals surface area contributed by atoms with Crippen LogP contribution in [0, 0.1) is 5.92 Å². The molecule has 1 unspecified atom stereocenters. The van der Waals surface area contributed by atoms with Crippen LogP contribution in [0.1, 0.15) is 59.3 Å². The number of aromatic nitrogens is 4. The third-order valence-corrected chi connectivity index (χ3v) is 4.39. The molecule has 0 radical (unpaired) electrons. The fraction of sp³-hybridized carbons (Fsp3) is 0.611. The number of cyclic esters (lactones) is 1. The lowest BCUT2D eigenvalue weighted by Gasteiger charge is -2.23. The Bertz CT molecular complexity index is 813. The van der Waals surface area contributed by atoms with Gasteiger partial charge in [0.25, 0.3) is 0 Å². The van der Waals surface area contributed by atoms with Crippen LogP contribution in [-0.4, -0.2) is 38.9 Å². The first-order valence-corrected chi connectivity index (χ1v) is 9.06. The number of carbonyl (C=O) groups excluding carboxylic acids is 1. The molecule has 1 aliphatic rings. The van der Waals surface area contributed by atoms with Crippen molar-refractivity contribution in [2.24, 2.45) is 5.92 Å². The van der Waals surface area contributed by atoms with E-state index in [0.29, 0.717) is 30.1 Å². The Hall–Kier alpha value is -2.71. The lowest BCUT2D eigenvalue weighted by molar-refractivity contribution is 0.177. The lowest BCUT2D eigenvalue weighted by atomic mass is 9.96. The Morgan fingerprint density at radius 3 is 2.63 bits per heavy atom. The lowest BCUT2D eigenvalue weighted by Crippen LogP contribution is -2.37. The van der Waals surface area contributed by atoms with Crippen molar-refractivity contribution < 1.29 is 14.1 Å². The SMILES string of the molecule is CC(C)C1COC(=O)N1c1ccnc(N[C@@H](C)c2nc(C(C)(C)C)no2)n1. The first-order valence-electron chi connectivity index (χ1n) is 9.06. The zero-order valence-corrected chi connectivity index (χ0v) is 16.6. The van der Waals surface area contributed by atoms with Crippen molar-refractivity contribution in [1.82, 2.24) is 20.1 Å². The number of hydrogen-bond acceptors (Lipinski definition) is 8. The van der Waals surface area contributed by atoms with Crippen molar-refractivity contribution in [3.8, 4) is 0 Å². The normalized spacial score (nSPS) is 18.7. The smallest absolute Gasteiger partial charge is 0.415 e. The van der Waals surface area contributed by atoms with E-state index in [4.69, 9.17) is 9.26 Å². The van der Waals surface area contributed by atoms with Crippen LogP contribution in [0.25, 0.3) is 0 Å². The fourth-order valence-corrected chi connectivity index (χ4v) is 2.71. The van der Waals surface area contributed by atoms with Crippen LogP contribution in [0.4, 0.5) is 16.6 Å². The predicted molar refractivity (Wildman–Crippen MR) is 99.5 cm³/mol.